The number of rotatable bonds is 6. The van der Waals surface area contributed by atoms with Crippen LogP contribution >= 0.6 is 0 Å². The van der Waals surface area contributed by atoms with Crippen LogP contribution in [-0.4, -0.2) is 23.8 Å². The minimum absolute atomic E-state index is 0.388. The Balaban J connectivity index is 1.67. The van der Waals surface area contributed by atoms with Crippen molar-refractivity contribution in [3.8, 4) is 0 Å². The highest BCUT2D eigenvalue weighted by Crippen LogP contribution is 2.49. The Kier molecular flexibility index (Phi) is 3.91. The van der Waals surface area contributed by atoms with E-state index in [0.29, 0.717) is 5.41 Å². The van der Waals surface area contributed by atoms with Crippen molar-refractivity contribution in [3.05, 3.63) is 0 Å². The molecule has 0 aliphatic heterocycles. The van der Waals surface area contributed by atoms with E-state index < -0.39 is 0 Å². The molecule has 2 N–H and O–H groups in total. The largest absolute Gasteiger partial charge is 0.389 e. The van der Waals surface area contributed by atoms with E-state index in [2.05, 4.69) is 12.2 Å². The average molecular weight is 225 g/mol. The van der Waals surface area contributed by atoms with Crippen LogP contribution in [0.25, 0.3) is 0 Å². The van der Waals surface area contributed by atoms with Crippen molar-refractivity contribution < 1.29 is 5.11 Å². The van der Waals surface area contributed by atoms with Gasteiger partial charge in [-0.05, 0) is 37.5 Å². The van der Waals surface area contributed by atoms with Gasteiger partial charge in [0.1, 0.15) is 0 Å². The first kappa shape index (κ1) is 12.4. The Morgan fingerprint density at radius 2 is 1.69 bits per heavy atom. The molecule has 0 heterocycles. The molecular weight excluding hydrogens is 198 g/mol. The minimum atomic E-state index is -0.388. The van der Waals surface area contributed by atoms with Gasteiger partial charge in [0.2, 0.25) is 0 Å². The molecule has 2 heteroatoms. The summed E-state index contributed by atoms with van der Waals surface area (Å²) in [6.45, 7) is 4.22. The molecule has 0 unspecified atom stereocenters. The molecule has 94 valence electrons. The summed E-state index contributed by atoms with van der Waals surface area (Å²) in [6, 6.07) is 0. The zero-order chi connectivity index (χ0) is 11.5. The number of nitrogens with one attached hydrogen (secondary N) is 1. The molecule has 0 aromatic rings. The highest BCUT2D eigenvalue weighted by molar-refractivity contribution is 4.95. The van der Waals surface area contributed by atoms with Crippen molar-refractivity contribution in [1.29, 1.82) is 0 Å². The number of hydrogen-bond acceptors (Lipinski definition) is 2. The highest BCUT2D eigenvalue weighted by atomic mass is 16.3. The molecule has 2 fully saturated rings. The predicted octanol–water partition coefficient (Wildman–Crippen LogP) is 2.85. The molecule has 0 atom stereocenters. The van der Waals surface area contributed by atoms with Gasteiger partial charge in [0.25, 0.3) is 0 Å². The van der Waals surface area contributed by atoms with Gasteiger partial charge in [-0.25, -0.2) is 0 Å². The maximum atomic E-state index is 10.4. The molecule has 2 nitrogen and oxygen atoms in total. The van der Waals surface area contributed by atoms with Crippen molar-refractivity contribution in [3.63, 3.8) is 0 Å². The normalized spacial score (nSPS) is 26.6. The van der Waals surface area contributed by atoms with Crippen LogP contribution in [0.4, 0.5) is 0 Å². The third kappa shape index (κ3) is 3.21. The van der Waals surface area contributed by atoms with Crippen molar-refractivity contribution in [2.75, 3.05) is 13.1 Å². The van der Waals surface area contributed by atoms with E-state index in [-0.39, 0.29) is 5.60 Å². The lowest BCUT2D eigenvalue weighted by Crippen LogP contribution is -2.43. The van der Waals surface area contributed by atoms with Gasteiger partial charge < -0.3 is 10.4 Å². The second-order valence-corrected chi connectivity index (χ2v) is 6.14. The molecule has 0 amide bonds. The zero-order valence-electron chi connectivity index (χ0n) is 10.7. The molecule has 2 aliphatic carbocycles. The van der Waals surface area contributed by atoms with E-state index in [1.54, 1.807) is 0 Å². The number of aliphatic hydroxyl groups is 1. The van der Waals surface area contributed by atoms with Gasteiger partial charge in [-0.15, -0.1) is 0 Å². The van der Waals surface area contributed by atoms with Gasteiger partial charge in [0.05, 0.1) is 5.60 Å². The molecule has 2 aliphatic rings. The Morgan fingerprint density at radius 1 is 1.00 bits per heavy atom. The lowest BCUT2D eigenvalue weighted by molar-refractivity contribution is 0.00401. The van der Waals surface area contributed by atoms with Gasteiger partial charge in [-0.3, -0.25) is 0 Å². The lowest BCUT2D eigenvalue weighted by atomic mass is 9.84. The predicted molar refractivity (Wildman–Crippen MR) is 67.5 cm³/mol. The summed E-state index contributed by atoms with van der Waals surface area (Å²) in [5, 5.41) is 13.9. The van der Waals surface area contributed by atoms with E-state index in [1.807, 2.05) is 0 Å². The van der Waals surface area contributed by atoms with E-state index in [4.69, 9.17) is 0 Å². The fourth-order valence-corrected chi connectivity index (χ4v) is 3.17. The average Bonchev–Trinajstić information content (AvgIpc) is 2.99. The fourth-order valence-electron chi connectivity index (χ4n) is 3.17. The third-order valence-electron chi connectivity index (χ3n) is 4.48. The zero-order valence-corrected chi connectivity index (χ0v) is 10.7. The minimum Gasteiger partial charge on any atom is -0.389 e. The van der Waals surface area contributed by atoms with Gasteiger partial charge >= 0.3 is 0 Å². The van der Waals surface area contributed by atoms with Crippen LogP contribution in [0.3, 0.4) is 0 Å². The summed E-state index contributed by atoms with van der Waals surface area (Å²) in [5.41, 5.74) is 0.223. The van der Waals surface area contributed by atoms with Crippen LogP contribution < -0.4 is 5.32 Å². The smallest absolute Gasteiger partial charge is 0.0771 e. The lowest BCUT2D eigenvalue weighted by Gasteiger charge is -2.33. The maximum absolute atomic E-state index is 10.4. The topological polar surface area (TPSA) is 32.3 Å². The molecular formula is C14H27NO. The molecule has 0 bridgehead atoms. The summed E-state index contributed by atoms with van der Waals surface area (Å²) in [4.78, 5) is 0. The summed E-state index contributed by atoms with van der Waals surface area (Å²) in [6.07, 6.45) is 11.2. The van der Waals surface area contributed by atoms with Crippen LogP contribution in [0.2, 0.25) is 0 Å². The number of hydrogen-bond donors (Lipinski definition) is 2. The van der Waals surface area contributed by atoms with Gasteiger partial charge in [-0.1, -0.05) is 32.6 Å². The standard InChI is InChI=1S/C14H27NO/c1-2-6-13(9-10-13)11-15-12-14(16)7-4-3-5-8-14/h15-16H,2-12H2,1H3. The van der Waals surface area contributed by atoms with E-state index in [9.17, 15) is 5.11 Å². The first-order valence-corrected chi connectivity index (χ1v) is 7.11. The molecule has 0 radical (unpaired) electrons. The fraction of sp³-hybridized carbons (Fsp3) is 1.00. The summed E-state index contributed by atoms with van der Waals surface area (Å²) < 4.78 is 0. The Morgan fingerprint density at radius 3 is 2.25 bits per heavy atom. The molecule has 0 aromatic heterocycles. The molecule has 0 saturated heterocycles. The SMILES string of the molecule is CCCC1(CNCC2(O)CCCCC2)CC1. The molecule has 2 rings (SSSR count). The Labute approximate surface area is 99.8 Å². The van der Waals surface area contributed by atoms with Crippen LogP contribution in [-0.2, 0) is 0 Å². The summed E-state index contributed by atoms with van der Waals surface area (Å²) in [5.74, 6) is 0. The molecule has 0 spiro atoms. The van der Waals surface area contributed by atoms with Crippen molar-refractivity contribution in [2.24, 2.45) is 5.41 Å². The van der Waals surface area contributed by atoms with Crippen LogP contribution in [0.15, 0.2) is 0 Å². The van der Waals surface area contributed by atoms with E-state index in [0.717, 1.165) is 25.9 Å². The summed E-state index contributed by atoms with van der Waals surface area (Å²) >= 11 is 0. The van der Waals surface area contributed by atoms with E-state index >= 15 is 0 Å². The third-order valence-corrected chi connectivity index (χ3v) is 4.48. The first-order valence-electron chi connectivity index (χ1n) is 7.11. The van der Waals surface area contributed by atoms with Gasteiger partial charge in [0, 0.05) is 13.1 Å². The monoisotopic (exact) mass is 225 g/mol. The molecule has 0 aromatic carbocycles. The first-order chi connectivity index (χ1) is 7.68. The Hall–Kier alpha value is -0.0800. The molecule has 16 heavy (non-hydrogen) atoms. The van der Waals surface area contributed by atoms with Gasteiger partial charge in [-0.2, -0.15) is 0 Å². The van der Waals surface area contributed by atoms with Crippen LogP contribution in [0.1, 0.15) is 64.7 Å². The van der Waals surface area contributed by atoms with Crippen LogP contribution in [0.5, 0.6) is 0 Å². The highest BCUT2D eigenvalue weighted by Gasteiger charge is 2.41. The Bertz CT molecular complexity index is 217. The second-order valence-electron chi connectivity index (χ2n) is 6.14. The van der Waals surface area contributed by atoms with Crippen LogP contribution in [0, 0.1) is 5.41 Å². The van der Waals surface area contributed by atoms with Crippen molar-refractivity contribution in [2.45, 2.75) is 70.3 Å². The second kappa shape index (κ2) is 5.05. The van der Waals surface area contributed by atoms with Gasteiger partial charge in [0.15, 0.2) is 0 Å². The van der Waals surface area contributed by atoms with E-state index in [1.165, 1.54) is 44.9 Å². The molecule has 2 saturated carbocycles. The summed E-state index contributed by atoms with van der Waals surface area (Å²) in [7, 11) is 0. The van der Waals surface area contributed by atoms with Crippen molar-refractivity contribution >= 4 is 0 Å². The maximum Gasteiger partial charge on any atom is 0.0771 e. The quantitative estimate of drug-likeness (QED) is 0.728. The van der Waals surface area contributed by atoms with Crippen molar-refractivity contribution in [1.82, 2.24) is 5.32 Å².